The molecule has 0 heterocycles. The summed E-state index contributed by atoms with van der Waals surface area (Å²) in [6.45, 7) is 0. The number of carbonyl (C=O) groups excluding carboxylic acids is 1. The molecule has 2 aromatic rings. The first-order valence-electron chi connectivity index (χ1n) is 5.64. The summed E-state index contributed by atoms with van der Waals surface area (Å²) < 4.78 is 0. The van der Waals surface area contributed by atoms with Gasteiger partial charge in [-0.1, -0.05) is 41.4 Å². The van der Waals surface area contributed by atoms with Crippen LogP contribution in [-0.4, -0.2) is 5.91 Å². The molecule has 0 unspecified atom stereocenters. The fraction of sp³-hybridized carbons (Fsp3) is 0.0714. The number of rotatable bonds is 3. The van der Waals surface area contributed by atoms with Crippen LogP contribution in [0.25, 0.3) is 0 Å². The summed E-state index contributed by atoms with van der Waals surface area (Å²) in [5.74, 6) is -0.193. The van der Waals surface area contributed by atoms with E-state index in [2.05, 4.69) is 5.32 Å². The summed E-state index contributed by atoms with van der Waals surface area (Å²) in [5.41, 5.74) is 7.65. The van der Waals surface area contributed by atoms with Crippen molar-refractivity contribution in [3.63, 3.8) is 0 Å². The van der Waals surface area contributed by atoms with Crippen LogP contribution in [0.15, 0.2) is 42.5 Å². The van der Waals surface area contributed by atoms with Crippen LogP contribution in [0.2, 0.25) is 10.0 Å². The van der Waals surface area contributed by atoms with Crippen LogP contribution in [0.5, 0.6) is 0 Å². The Hall–Kier alpha value is -1.71. The van der Waals surface area contributed by atoms with Crippen molar-refractivity contribution in [2.45, 2.75) is 6.42 Å². The van der Waals surface area contributed by atoms with Gasteiger partial charge in [0, 0.05) is 10.7 Å². The van der Waals surface area contributed by atoms with E-state index in [0.29, 0.717) is 21.4 Å². The molecule has 1 amide bonds. The monoisotopic (exact) mass is 294 g/mol. The van der Waals surface area contributed by atoms with Gasteiger partial charge in [-0.2, -0.15) is 0 Å². The molecule has 0 aromatic heterocycles. The number of hydrogen-bond acceptors (Lipinski definition) is 2. The molecule has 2 aromatic carbocycles. The van der Waals surface area contributed by atoms with E-state index in [0.717, 1.165) is 5.56 Å². The first kappa shape index (κ1) is 13.7. The lowest BCUT2D eigenvalue weighted by molar-refractivity contribution is -0.115. The number of benzene rings is 2. The van der Waals surface area contributed by atoms with Gasteiger partial charge in [-0.05, 0) is 29.8 Å². The second-order valence-electron chi connectivity index (χ2n) is 4.05. The molecule has 2 rings (SSSR count). The third-order valence-electron chi connectivity index (χ3n) is 2.61. The SMILES string of the molecule is Nc1ccccc1CC(=O)Nc1cc(Cl)ccc1Cl. The van der Waals surface area contributed by atoms with E-state index < -0.39 is 0 Å². The van der Waals surface area contributed by atoms with Crippen LogP contribution in [0.3, 0.4) is 0 Å². The minimum absolute atomic E-state index is 0.190. The van der Waals surface area contributed by atoms with Crippen molar-refractivity contribution in [3.05, 3.63) is 58.1 Å². The van der Waals surface area contributed by atoms with Crippen molar-refractivity contribution in [3.8, 4) is 0 Å². The van der Waals surface area contributed by atoms with Gasteiger partial charge in [-0.25, -0.2) is 0 Å². The fourth-order valence-corrected chi connectivity index (χ4v) is 1.99. The van der Waals surface area contributed by atoms with Crippen LogP contribution >= 0.6 is 23.2 Å². The van der Waals surface area contributed by atoms with Gasteiger partial charge < -0.3 is 11.1 Å². The number of halogens is 2. The van der Waals surface area contributed by atoms with E-state index >= 15 is 0 Å². The Bertz CT molecular complexity index is 614. The van der Waals surface area contributed by atoms with Gasteiger partial charge in [0.05, 0.1) is 17.1 Å². The third kappa shape index (κ3) is 3.63. The molecule has 19 heavy (non-hydrogen) atoms. The molecule has 3 N–H and O–H groups in total. The summed E-state index contributed by atoms with van der Waals surface area (Å²) >= 11 is 11.8. The average Bonchev–Trinajstić information content (AvgIpc) is 2.37. The highest BCUT2D eigenvalue weighted by Gasteiger charge is 2.09. The molecule has 0 saturated heterocycles. The number of nitrogen functional groups attached to an aromatic ring is 1. The number of anilines is 2. The van der Waals surface area contributed by atoms with Crippen molar-refractivity contribution in [1.29, 1.82) is 0 Å². The molecule has 98 valence electrons. The average molecular weight is 295 g/mol. The van der Waals surface area contributed by atoms with Gasteiger partial charge in [-0.3, -0.25) is 4.79 Å². The Morgan fingerprint density at radius 1 is 1.16 bits per heavy atom. The van der Waals surface area contributed by atoms with Crippen LogP contribution in [0.1, 0.15) is 5.56 Å². The van der Waals surface area contributed by atoms with Gasteiger partial charge in [0.25, 0.3) is 0 Å². The summed E-state index contributed by atoms with van der Waals surface area (Å²) in [7, 11) is 0. The van der Waals surface area contributed by atoms with E-state index in [4.69, 9.17) is 28.9 Å². The predicted octanol–water partition coefficient (Wildman–Crippen LogP) is 3.76. The van der Waals surface area contributed by atoms with Crippen molar-refractivity contribution in [2.75, 3.05) is 11.1 Å². The number of nitrogens with one attached hydrogen (secondary N) is 1. The van der Waals surface area contributed by atoms with Gasteiger partial charge in [0.1, 0.15) is 0 Å². The lowest BCUT2D eigenvalue weighted by Crippen LogP contribution is -2.15. The molecule has 0 bridgehead atoms. The Morgan fingerprint density at radius 2 is 1.89 bits per heavy atom. The summed E-state index contributed by atoms with van der Waals surface area (Å²) in [4.78, 5) is 11.9. The number of para-hydroxylation sites is 1. The quantitative estimate of drug-likeness (QED) is 0.847. The Balaban J connectivity index is 2.10. The largest absolute Gasteiger partial charge is 0.398 e. The normalized spacial score (nSPS) is 10.2. The van der Waals surface area contributed by atoms with Crippen molar-refractivity contribution >= 4 is 40.5 Å². The molecule has 5 heteroatoms. The summed E-state index contributed by atoms with van der Waals surface area (Å²) in [5, 5.41) is 3.67. The third-order valence-corrected chi connectivity index (χ3v) is 3.17. The molecule has 0 atom stereocenters. The van der Waals surface area contributed by atoms with Gasteiger partial charge >= 0.3 is 0 Å². The van der Waals surface area contributed by atoms with Crippen molar-refractivity contribution in [1.82, 2.24) is 0 Å². The molecule has 0 radical (unpaired) electrons. The van der Waals surface area contributed by atoms with E-state index in [1.807, 2.05) is 18.2 Å². The fourth-order valence-electron chi connectivity index (χ4n) is 1.66. The highest BCUT2D eigenvalue weighted by atomic mass is 35.5. The predicted molar refractivity (Wildman–Crippen MR) is 79.7 cm³/mol. The highest BCUT2D eigenvalue weighted by molar-refractivity contribution is 6.35. The maximum atomic E-state index is 11.9. The first-order valence-corrected chi connectivity index (χ1v) is 6.40. The van der Waals surface area contributed by atoms with Gasteiger partial charge in [0.2, 0.25) is 5.91 Å². The van der Waals surface area contributed by atoms with Crippen LogP contribution in [0.4, 0.5) is 11.4 Å². The van der Waals surface area contributed by atoms with E-state index in [-0.39, 0.29) is 12.3 Å². The number of amides is 1. The number of nitrogens with two attached hydrogens (primary N) is 1. The Kier molecular flexibility index (Phi) is 4.30. The zero-order chi connectivity index (χ0) is 13.8. The Morgan fingerprint density at radius 3 is 2.63 bits per heavy atom. The van der Waals surface area contributed by atoms with Crippen LogP contribution in [0, 0.1) is 0 Å². The minimum Gasteiger partial charge on any atom is -0.398 e. The van der Waals surface area contributed by atoms with Crippen molar-refractivity contribution in [2.24, 2.45) is 0 Å². The second-order valence-corrected chi connectivity index (χ2v) is 4.89. The maximum Gasteiger partial charge on any atom is 0.228 e. The highest BCUT2D eigenvalue weighted by Crippen LogP contribution is 2.25. The molecule has 3 nitrogen and oxygen atoms in total. The molecular formula is C14H12Cl2N2O. The van der Waals surface area contributed by atoms with Gasteiger partial charge in [0.15, 0.2) is 0 Å². The van der Waals surface area contributed by atoms with Crippen molar-refractivity contribution < 1.29 is 4.79 Å². The van der Waals surface area contributed by atoms with E-state index in [9.17, 15) is 4.79 Å². The molecule has 0 spiro atoms. The zero-order valence-corrected chi connectivity index (χ0v) is 11.5. The summed E-state index contributed by atoms with van der Waals surface area (Å²) in [6.07, 6.45) is 0.190. The second kappa shape index (κ2) is 5.95. The molecule has 0 saturated carbocycles. The lowest BCUT2D eigenvalue weighted by Gasteiger charge is -2.09. The smallest absolute Gasteiger partial charge is 0.228 e. The number of carbonyl (C=O) groups is 1. The molecule has 0 aliphatic heterocycles. The maximum absolute atomic E-state index is 11.9. The van der Waals surface area contributed by atoms with E-state index in [1.165, 1.54) is 0 Å². The lowest BCUT2D eigenvalue weighted by atomic mass is 10.1. The zero-order valence-electron chi connectivity index (χ0n) is 9.99. The standard InChI is InChI=1S/C14H12Cl2N2O/c15-10-5-6-11(16)13(8-10)18-14(19)7-9-3-1-2-4-12(9)17/h1-6,8H,7,17H2,(H,18,19). The van der Waals surface area contributed by atoms with E-state index in [1.54, 1.807) is 24.3 Å². The van der Waals surface area contributed by atoms with Crippen LogP contribution in [-0.2, 0) is 11.2 Å². The Labute approximate surface area is 121 Å². The molecule has 0 aliphatic rings. The van der Waals surface area contributed by atoms with Crippen LogP contribution < -0.4 is 11.1 Å². The summed E-state index contributed by atoms with van der Waals surface area (Å²) in [6, 6.07) is 12.1. The topological polar surface area (TPSA) is 55.1 Å². The molecule has 0 fully saturated rings. The first-order chi connectivity index (χ1) is 9.06. The molecular weight excluding hydrogens is 283 g/mol. The minimum atomic E-state index is -0.193. The van der Waals surface area contributed by atoms with Gasteiger partial charge in [-0.15, -0.1) is 0 Å². The number of hydrogen-bond donors (Lipinski definition) is 2. The molecule has 0 aliphatic carbocycles.